The van der Waals surface area contributed by atoms with Crippen LogP contribution in [0.2, 0.25) is 0 Å². The molecule has 2 fully saturated rings. The van der Waals surface area contributed by atoms with Crippen molar-refractivity contribution in [1.29, 1.82) is 0 Å². The SMILES string of the molecule is Cl.Cl.Fc1ccc([C@H](CC2CC2)N2CCNCC2)cc1. The Kier molecular flexibility index (Phi) is 7.24. The lowest BCUT2D eigenvalue weighted by Gasteiger charge is -2.35. The van der Waals surface area contributed by atoms with Crippen LogP contribution < -0.4 is 5.32 Å². The third-order valence-electron chi connectivity index (χ3n) is 4.10. The molecule has 0 amide bonds. The molecular formula is C15H23Cl2FN2. The first-order valence-corrected chi connectivity index (χ1v) is 7.03. The monoisotopic (exact) mass is 320 g/mol. The predicted octanol–water partition coefficient (Wildman–Crippen LogP) is 3.42. The van der Waals surface area contributed by atoms with E-state index < -0.39 is 0 Å². The standard InChI is InChI=1S/C15H21FN2.2ClH/c16-14-5-3-13(4-6-14)15(11-12-1-2-12)18-9-7-17-8-10-18;;/h3-6,12,15,17H,1-2,7-11H2;2*1H/t15-;;/m0../s1. The molecule has 5 heteroatoms. The van der Waals surface area contributed by atoms with E-state index in [9.17, 15) is 4.39 Å². The van der Waals surface area contributed by atoms with Crippen LogP contribution in [0.3, 0.4) is 0 Å². The van der Waals surface area contributed by atoms with Gasteiger partial charge in [-0.05, 0) is 30.0 Å². The fourth-order valence-electron chi connectivity index (χ4n) is 2.84. The van der Waals surface area contributed by atoms with Gasteiger partial charge in [-0.15, -0.1) is 24.8 Å². The zero-order valence-electron chi connectivity index (χ0n) is 11.6. The topological polar surface area (TPSA) is 15.3 Å². The van der Waals surface area contributed by atoms with E-state index in [2.05, 4.69) is 10.2 Å². The molecule has 0 radical (unpaired) electrons. The van der Waals surface area contributed by atoms with Crippen molar-refractivity contribution < 1.29 is 4.39 Å². The Morgan fingerprint density at radius 2 is 1.70 bits per heavy atom. The second-order valence-electron chi connectivity index (χ2n) is 5.53. The van der Waals surface area contributed by atoms with Gasteiger partial charge in [0.25, 0.3) is 0 Å². The van der Waals surface area contributed by atoms with Gasteiger partial charge in [-0.25, -0.2) is 4.39 Å². The molecule has 1 heterocycles. The Morgan fingerprint density at radius 1 is 1.10 bits per heavy atom. The van der Waals surface area contributed by atoms with Crippen molar-refractivity contribution in [3.63, 3.8) is 0 Å². The lowest BCUT2D eigenvalue weighted by molar-refractivity contribution is 0.160. The minimum Gasteiger partial charge on any atom is -0.314 e. The van der Waals surface area contributed by atoms with Crippen LogP contribution in [0.5, 0.6) is 0 Å². The molecule has 1 aromatic rings. The van der Waals surface area contributed by atoms with Crippen LogP contribution in [-0.2, 0) is 0 Å². The lowest BCUT2D eigenvalue weighted by atomic mass is 9.98. The number of rotatable bonds is 4. The van der Waals surface area contributed by atoms with Gasteiger partial charge in [0.2, 0.25) is 0 Å². The van der Waals surface area contributed by atoms with E-state index in [1.54, 1.807) is 12.1 Å². The number of hydrogen-bond acceptors (Lipinski definition) is 2. The van der Waals surface area contributed by atoms with Gasteiger partial charge < -0.3 is 5.32 Å². The third-order valence-corrected chi connectivity index (χ3v) is 4.10. The molecule has 1 aromatic carbocycles. The summed E-state index contributed by atoms with van der Waals surface area (Å²) >= 11 is 0. The number of nitrogens with one attached hydrogen (secondary N) is 1. The summed E-state index contributed by atoms with van der Waals surface area (Å²) in [5.41, 5.74) is 1.28. The molecule has 2 nitrogen and oxygen atoms in total. The second-order valence-corrected chi connectivity index (χ2v) is 5.53. The summed E-state index contributed by atoms with van der Waals surface area (Å²) in [7, 11) is 0. The maximum Gasteiger partial charge on any atom is 0.123 e. The molecule has 0 unspecified atom stereocenters. The Labute approximate surface area is 132 Å². The molecule has 114 valence electrons. The van der Waals surface area contributed by atoms with E-state index in [0.717, 1.165) is 32.1 Å². The molecule has 1 saturated heterocycles. The summed E-state index contributed by atoms with van der Waals surface area (Å²) in [4.78, 5) is 2.56. The number of nitrogens with zero attached hydrogens (tertiary/aromatic N) is 1. The van der Waals surface area contributed by atoms with Crippen molar-refractivity contribution in [2.75, 3.05) is 26.2 Å². The smallest absolute Gasteiger partial charge is 0.123 e. The summed E-state index contributed by atoms with van der Waals surface area (Å²) in [6, 6.07) is 7.60. The van der Waals surface area contributed by atoms with Crippen LogP contribution in [0.15, 0.2) is 24.3 Å². The molecule has 1 atom stereocenters. The number of benzene rings is 1. The van der Waals surface area contributed by atoms with Gasteiger partial charge in [-0.1, -0.05) is 25.0 Å². The van der Waals surface area contributed by atoms with Gasteiger partial charge in [-0.3, -0.25) is 4.90 Å². The first kappa shape index (κ1) is 17.7. The Bertz CT molecular complexity index is 389. The van der Waals surface area contributed by atoms with Crippen LogP contribution in [0, 0.1) is 11.7 Å². The summed E-state index contributed by atoms with van der Waals surface area (Å²) in [5.74, 6) is 0.763. The van der Waals surface area contributed by atoms with Crippen molar-refractivity contribution in [3.8, 4) is 0 Å². The fraction of sp³-hybridized carbons (Fsp3) is 0.600. The highest BCUT2D eigenvalue weighted by Crippen LogP contribution is 2.40. The molecule has 2 aliphatic rings. The van der Waals surface area contributed by atoms with E-state index in [0.29, 0.717) is 6.04 Å². The van der Waals surface area contributed by atoms with Gasteiger partial charge in [-0.2, -0.15) is 0 Å². The van der Waals surface area contributed by atoms with Gasteiger partial charge in [0, 0.05) is 32.2 Å². The fourth-order valence-corrected chi connectivity index (χ4v) is 2.84. The molecule has 3 rings (SSSR count). The summed E-state index contributed by atoms with van der Waals surface area (Å²) < 4.78 is 13.0. The average Bonchev–Trinajstić information content (AvgIpc) is 3.22. The minimum atomic E-state index is -0.135. The maximum absolute atomic E-state index is 13.0. The molecule has 0 bridgehead atoms. The summed E-state index contributed by atoms with van der Waals surface area (Å²) in [6.07, 6.45) is 4.00. The van der Waals surface area contributed by atoms with Gasteiger partial charge in [0.05, 0.1) is 0 Å². The van der Waals surface area contributed by atoms with Crippen LogP contribution in [0.25, 0.3) is 0 Å². The highest BCUT2D eigenvalue weighted by Gasteiger charge is 2.30. The molecule has 0 aromatic heterocycles. The molecule has 1 aliphatic heterocycles. The quantitative estimate of drug-likeness (QED) is 0.914. The van der Waals surface area contributed by atoms with Gasteiger partial charge >= 0.3 is 0 Å². The van der Waals surface area contributed by atoms with Crippen molar-refractivity contribution in [1.82, 2.24) is 10.2 Å². The Balaban J connectivity index is 0.000001000. The second kappa shape index (κ2) is 8.18. The predicted molar refractivity (Wildman–Crippen MR) is 85.4 cm³/mol. The first-order chi connectivity index (χ1) is 8.83. The van der Waals surface area contributed by atoms with Crippen LogP contribution in [-0.4, -0.2) is 31.1 Å². The minimum absolute atomic E-state index is 0. The van der Waals surface area contributed by atoms with Crippen molar-refractivity contribution >= 4 is 24.8 Å². The van der Waals surface area contributed by atoms with E-state index in [4.69, 9.17) is 0 Å². The molecular weight excluding hydrogens is 298 g/mol. The highest BCUT2D eigenvalue weighted by atomic mass is 35.5. The first-order valence-electron chi connectivity index (χ1n) is 7.03. The van der Waals surface area contributed by atoms with E-state index in [1.807, 2.05) is 12.1 Å². The largest absolute Gasteiger partial charge is 0.314 e. The maximum atomic E-state index is 13.0. The van der Waals surface area contributed by atoms with Gasteiger partial charge in [0.15, 0.2) is 0 Å². The molecule has 1 N–H and O–H groups in total. The Morgan fingerprint density at radius 3 is 2.25 bits per heavy atom. The Hall–Kier alpha value is -0.350. The van der Waals surface area contributed by atoms with Crippen molar-refractivity contribution in [3.05, 3.63) is 35.6 Å². The van der Waals surface area contributed by atoms with E-state index >= 15 is 0 Å². The van der Waals surface area contributed by atoms with Crippen LogP contribution in [0.1, 0.15) is 30.9 Å². The zero-order chi connectivity index (χ0) is 12.4. The zero-order valence-corrected chi connectivity index (χ0v) is 13.2. The van der Waals surface area contributed by atoms with E-state index in [-0.39, 0.29) is 30.6 Å². The normalized spacial score (nSPS) is 20.6. The van der Waals surface area contributed by atoms with E-state index in [1.165, 1.54) is 24.8 Å². The van der Waals surface area contributed by atoms with Crippen LogP contribution in [0.4, 0.5) is 4.39 Å². The van der Waals surface area contributed by atoms with Crippen molar-refractivity contribution in [2.24, 2.45) is 5.92 Å². The lowest BCUT2D eigenvalue weighted by Crippen LogP contribution is -2.45. The molecule has 0 spiro atoms. The summed E-state index contributed by atoms with van der Waals surface area (Å²) in [6.45, 7) is 4.36. The van der Waals surface area contributed by atoms with Crippen molar-refractivity contribution in [2.45, 2.75) is 25.3 Å². The average molecular weight is 321 g/mol. The third kappa shape index (κ3) is 4.59. The molecule has 20 heavy (non-hydrogen) atoms. The molecule has 1 aliphatic carbocycles. The number of piperazine rings is 1. The highest BCUT2D eigenvalue weighted by molar-refractivity contribution is 5.85. The number of hydrogen-bond donors (Lipinski definition) is 1. The van der Waals surface area contributed by atoms with Crippen LogP contribution >= 0.6 is 24.8 Å². The van der Waals surface area contributed by atoms with Gasteiger partial charge in [0.1, 0.15) is 5.82 Å². The number of halogens is 3. The molecule has 1 saturated carbocycles. The summed E-state index contributed by atoms with van der Waals surface area (Å²) in [5, 5.41) is 3.40.